The number of allylic oxidation sites excluding steroid dienone is 4. The van der Waals surface area contributed by atoms with Gasteiger partial charge in [-0.05, 0) is 0 Å². The van der Waals surface area contributed by atoms with Gasteiger partial charge in [0.1, 0.15) is 0 Å². The third-order valence-electron chi connectivity index (χ3n) is 1.88. The van der Waals surface area contributed by atoms with E-state index in [0.717, 1.165) is 9.72 Å². The summed E-state index contributed by atoms with van der Waals surface area (Å²) in [6, 6.07) is 0. The summed E-state index contributed by atoms with van der Waals surface area (Å²) in [5, 5.41) is 0. The van der Waals surface area contributed by atoms with Crippen molar-refractivity contribution in [2.75, 3.05) is 0 Å². The van der Waals surface area contributed by atoms with Crippen LogP contribution in [0.25, 0.3) is 0 Å². The van der Waals surface area contributed by atoms with Gasteiger partial charge < -0.3 is 0 Å². The summed E-state index contributed by atoms with van der Waals surface area (Å²) >= 11 is 2.91. The molecule has 120 valence electrons. The van der Waals surface area contributed by atoms with Crippen molar-refractivity contribution in [2.24, 2.45) is 21.8 Å². The minimum atomic E-state index is 0. The summed E-state index contributed by atoms with van der Waals surface area (Å²) in [6.07, 6.45) is 8.83. The first-order chi connectivity index (χ1) is 9.20. The van der Waals surface area contributed by atoms with Crippen molar-refractivity contribution in [1.82, 2.24) is 0 Å². The molecule has 0 aliphatic carbocycles. The summed E-state index contributed by atoms with van der Waals surface area (Å²) < 4.78 is 2.55. The van der Waals surface area contributed by atoms with Crippen LogP contribution in [0.1, 0.15) is 49.0 Å². The topological polar surface area (TPSA) is 24.7 Å². The molecule has 0 aromatic rings. The number of hydrogen-bond acceptors (Lipinski definition) is 2. The predicted molar refractivity (Wildman–Crippen MR) is 90.6 cm³/mol. The molecule has 0 saturated carbocycles. The zero-order chi connectivity index (χ0) is 16.1. The van der Waals surface area contributed by atoms with E-state index in [1.807, 2.05) is 26.0 Å². The van der Waals surface area contributed by atoms with Crippen LogP contribution in [-0.2, 0) is 38.7 Å². The Morgan fingerprint density at radius 1 is 1.14 bits per heavy atom. The normalized spacial score (nSPS) is 11.3. The van der Waals surface area contributed by atoms with Gasteiger partial charge in [-0.25, -0.2) is 0 Å². The van der Waals surface area contributed by atoms with E-state index in [-0.39, 0.29) is 7.43 Å². The second-order valence-electron chi connectivity index (χ2n) is 4.76. The van der Waals surface area contributed by atoms with E-state index >= 15 is 0 Å². The number of rotatable bonds is 6. The monoisotopic (exact) mass is 628 g/mol. The van der Waals surface area contributed by atoms with Crippen molar-refractivity contribution in [1.29, 1.82) is 0 Å². The molecule has 0 spiro atoms. The fraction of sp³-hybridized carbons (Fsp3) is 0.529. The molecule has 0 aliphatic rings. The molecule has 2 nitrogen and oxygen atoms in total. The van der Waals surface area contributed by atoms with E-state index < -0.39 is 0 Å². The van der Waals surface area contributed by atoms with Gasteiger partial charge in [-0.15, -0.1) is 0 Å². The Labute approximate surface area is 153 Å². The first-order valence-corrected chi connectivity index (χ1v) is 9.39. The molecule has 0 fully saturated rings. The first-order valence-electron chi connectivity index (χ1n) is 6.46. The molecule has 4 heteroatoms. The fourth-order valence-corrected chi connectivity index (χ4v) is 1.62. The fourth-order valence-electron chi connectivity index (χ4n) is 0.788. The van der Waals surface area contributed by atoms with Gasteiger partial charge in [0.05, 0.1) is 0 Å². The van der Waals surface area contributed by atoms with Crippen molar-refractivity contribution >= 4 is 20.9 Å². The summed E-state index contributed by atoms with van der Waals surface area (Å²) in [7, 11) is 0. The Kier molecular flexibility index (Phi) is 20.1. The number of hydrogen-bond donors (Lipinski definition) is 0. The van der Waals surface area contributed by atoms with Gasteiger partial charge >= 0.3 is 147 Å². The van der Waals surface area contributed by atoms with Crippen molar-refractivity contribution in [2.45, 2.75) is 49.0 Å². The molecule has 0 rings (SSSR count). The molecule has 0 bridgehead atoms. The molecule has 0 heterocycles. The minimum absolute atomic E-state index is 0. The van der Waals surface area contributed by atoms with Crippen LogP contribution in [0, 0.1) is 17.9 Å². The van der Waals surface area contributed by atoms with E-state index in [4.69, 9.17) is 6.72 Å². The Bertz CT molecular complexity index is 403. The van der Waals surface area contributed by atoms with E-state index in [9.17, 15) is 0 Å². The van der Waals surface area contributed by atoms with Crippen molar-refractivity contribution < 1.29 is 38.7 Å². The third-order valence-corrected chi connectivity index (χ3v) is 4.38. The van der Waals surface area contributed by atoms with Crippen LogP contribution >= 0.6 is 0 Å². The summed E-state index contributed by atoms with van der Waals surface area (Å²) in [6.45, 7) is 17.5. The molecule has 0 aromatic heterocycles. The summed E-state index contributed by atoms with van der Waals surface area (Å²) in [5.74, 6) is 1.11. The molecule has 0 atom stereocenters. The third kappa shape index (κ3) is 22.4. The van der Waals surface area contributed by atoms with Crippen LogP contribution in [0.4, 0.5) is 0 Å². The van der Waals surface area contributed by atoms with Gasteiger partial charge in [-0.3, -0.25) is 0 Å². The van der Waals surface area contributed by atoms with E-state index in [2.05, 4.69) is 43.8 Å². The Morgan fingerprint density at radius 3 is 2.00 bits per heavy atom. The quantitative estimate of drug-likeness (QED) is 0.311. The van der Waals surface area contributed by atoms with Crippen molar-refractivity contribution in [3.63, 3.8) is 0 Å². The van der Waals surface area contributed by atoms with Gasteiger partial charge in [-0.1, -0.05) is 7.43 Å². The molecular formula is C17H28N2W2-2. The first kappa shape index (κ1) is 25.9. The van der Waals surface area contributed by atoms with Crippen LogP contribution in [0.3, 0.4) is 0 Å². The number of nitrogens with zero attached hydrogens (tertiary/aromatic N) is 2. The standard InChI is InChI=1S/2C8H12N.CH4.2W/c1-7(2)5-6-8(3)9-4;1-4-9-7-5-6-8(2)3;;;/h4,6-7H,1-3H3;5,7-8H,1-3H3;1H4;;/q2*-1;;;. The van der Waals surface area contributed by atoms with Crippen LogP contribution in [-0.4, -0.2) is 20.9 Å². The number of aliphatic imine (C=N–C) groups is 2. The zero-order valence-corrected chi connectivity index (χ0v) is 19.0. The predicted octanol–water partition coefficient (Wildman–Crippen LogP) is 4.25. The van der Waals surface area contributed by atoms with Gasteiger partial charge in [0, 0.05) is 0 Å². The average Bonchev–Trinajstić information content (AvgIpc) is 2.34. The summed E-state index contributed by atoms with van der Waals surface area (Å²) in [4.78, 5) is 7.67. The van der Waals surface area contributed by atoms with E-state index in [0.29, 0.717) is 11.8 Å². The summed E-state index contributed by atoms with van der Waals surface area (Å²) in [5.41, 5.74) is 0.902. The molecule has 21 heavy (non-hydrogen) atoms. The Balaban J connectivity index is -0.000000295. The molecule has 0 aromatic carbocycles. The van der Waals surface area contributed by atoms with Crippen LogP contribution in [0.5, 0.6) is 0 Å². The average molecular weight is 628 g/mol. The molecule has 0 saturated heterocycles. The molecule has 0 amide bonds. The van der Waals surface area contributed by atoms with Gasteiger partial charge in [0.15, 0.2) is 0 Å². The van der Waals surface area contributed by atoms with Gasteiger partial charge in [0.25, 0.3) is 0 Å². The maximum atomic E-state index is 5.07. The molecule has 0 unspecified atom stereocenters. The van der Waals surface area contributed by atoms with Crippen molar-refractivity contribution in [3.05, 3.63) is 23.9 Å². The second-order valence-corrected chi connectivity index (χ2v) is 8.57. The van der Waals surface area contributed by atoms with E-state index in [1.54, 1.807) is 6.21 Å². The Hall–Kier alpha value is -0.0634. The second kappa shape index (κ2) is 16.3. The SMILES string of the molecule is C.C[C](=[W])N=CC=[C-]C(C)C.[CH-]=NC(C)=C[C](=[W])C(C)C. The van der Waals surface area contributed by atoms with Crippen molar-refractivity contribution in [3.8, 4) is 0 Å². The van der Waals surface area contributed by atoms with Crippen LogP contribution in [0.15, 0.2) is 27.8 Å². The van der Waals surface area contributed by atoms with E-state index in [1.165, 1.54) is 42.6 Å². The van der Waals surface area contributed by atoms with Crippen LogP contribution < -0.4 is 0 Å². The molecule has 0 N–H and O–H groups in total. The molecule has 0 aliphatic heterocycles. The maximum absolute atomic E-state index is 5.07. The van der Waals surface area contributed by atoms with Gasteiger partial charge in [-0.2, -0.15) is 0 Å². The van der Waals surface area contributed by atoms with Gasteiger partial charge in [0.2, 0.25) is 0 Å². The zero-order valence-electron chi connectivity index (χ0n) is 13.2. The molecule has 0 radical (unpaired) electrons. The Morgan fingerprint density at radius 2 is 1.67 bits per heavy atom. The van der Waals surface area contributed by atoms with Crippen LogP contribution in [0.2, 0.25) is 0 Å². The molecular weight excluding hydrogens is 600 g/mol.